The standard InChI is InChI=1S/C5H8NO3.Ag/c1-5(8)9-4-6(2)3-7;/h4H2,1-2H3;. The number of hydrogen-bond donors (Lipinski definition) is 0. The molecule has 0 spiro atoms. The van der Waals surface area contributed by atoms with Gasteiger partial charge in [0.1, 0.15) is 0 Å². The summed E-state index contributed by atoms with van der Waals surface area (Å²) in [6.07, 6.45) is 0. The molecule has 0 aromatic rings. The predicted octanol–water partition coefficient (Wildman–Crippen LogP) is 0.106. The summed E-state index contributed by atoms with van der Waals surface area (Å²) < 4.78 is 4.19. The number of rotatable bonds is 2. The molecular formula is C5H8AgNO3. The monoisotopic (exact) mass is 237 g/mol. The van der Waals surface area contributed by atoms with Crippen LogP contribution in [-0.4, -0.2) is 28.8 Å². The van der Waals surface area contributed by atoms with Crippen LogP contribution < -0.4 is 0 Å². The van der Waals surface area contributed by atoms with E-state index >= 15 is 0 Å². The van der Waals surface area contributed by atoms with Crippen molar-refractivity contribution in [2.45, 2.75) is 6.92 Å². The third kappa shape index (κ3) is 4.55. The molecule has 1 amide bonds. The van der Waals surface area contributed by atoms with Gasteiger partial charge in [-0.25, -0.2) is 0 Å². The minimum atomic E-state index is -0.402. The van der Waals surface area contributed by atoms with E-state index in [-0.39, 0.29) is 10.9 Å². The molecule has 5 heteroatoms. The summed E-state index contributed by atoms with van der Waals surface area (Å²) in [5.74, 6) is -0.402. The second-order valence-corrected chi connectivity index (χ2v) is 2.32. The van der Waals surface area contributed by atoms with Crippen molar-refractivity contribution in [1.82, 2.24) is 4.90 Å². The topological polar surface area (TPSA) is 46.6 Å². The zero-order valence-corrected chi connectivity index (χ0v) is 7.16. The van der Waals surface area contributed by atoms with E-state index in [1.807, 2.05) is 0 Å². The van der Waals surface area contributed by atoms with Gasteiger partial charge in [-0.1, -0.05) is 0 Å². The zero-order chi connectivity index (χ0) is 8.15. The summed E-state index contributed by atoms with van der Waals surface area (Å²) in [4.78, 5) is 21.8. The van der Waals surface area contributed by atoms with E-state index in [1.54, 1.807) is 0 Å². The first-order valence-electron chi connectivity index (χ1n) is 2.54. The Morgan fingerprint density at radius 2 is 2.10 bits per heavy atom. The summed E-state index contributed by atoms with van der Waals surface area (Å²) in [5.41, 5.74) is 0. The molecule has 4 nitrogen and oxygen atoms in total. The number of ether oxygens (including phenoxy) is 1. The summed E-state index contributed by atoms with van der Waals surface area (Å²) in [7, 11) is 1.51. The quantitative estimate of drug-likeness (QED) is 0.389. The van der Waals surface area contributed by atoms with Crippen molar-refractivity contribution in [3.8, 4) is 0 Å². The SMILES string of the molecule is CC(=O)OCN(C)[C](=O)[Ag]. The molecule has 0 saturated carbocycles. The van der Waals surface area contributed by atoms with Gasteiger partial charge >= 0.3 is 71.1 Å². The van der Waals surface area contributed by atoms with Crippen LogP contribution >= 0.6 is 0 Å². The van der Waals surface area contributed by atoms with E-state index in [2.05, 4.69) is 25.8 Å². The van der Waals surface area contributed by atoms with Crippen LogP contribution in [0.4, 0.5) is 4.79 Å². The fraction of sp³-hybridized carbons (Fsp3) is 0.600. The average Bonchev–Trinajstić information content (AvgIpc) is 1.82. The number of esters is 1. The Balaban J connectivity index is 3.49. The molecule has 0 bridgehead atoms. The maximum atomic E-state index is 10.4. The third-order valence-electron chi connectivity index (χ3n) is 0.732. The van der Waals surface area contributed by atoms with Crippen LogP contribution in [0.1, 0.15) is 6.92 Å². The van der Waals surface area contributed by atoms with Crippen LogP contribution in [0.2, 0.25) is 0 Å². The molecule has 0 atom stereocenters. The Morgan fingerprint density at radius 3 is 2.40 bits per heavy atom. The molecule has 0 aromatic carbocycles. The first kappa shape index (κ1) is 9.68. The Morgan fingerprint density at radius 1 is 1.60 bits per heavy atom. The van der Waals surface area contributed by atoms with Crippen LogP contribution in [0.15, 0.2) is 0 Å². The molecule has 0 aromatic heterocycles. The van der Waals surface area contributed by atoms with Crippen molar-refractivity contribution in [3.63, 3.8) is 0 Å². The first-order valence-corrected chi connectivity index (χ1v) is 3.28. The molecule has 0 radical (unpaired) electrons. The van der Waals surface area contributed by atoms with E-state index in [4.69, 9.17) is 0 Å². The minimum absolute atomic E-state index is 0.0151. The number of nitrogens with zero attached hydrogens (tertiary/aromatic N) is 1. The molecule has 0 saturated heterocycles. The second kappa shape index (κ2) is 4.49. The Bertz CT molecular complexity index is 148. The van der Waals surface area contributed by atoms with E-state index in [1.165, 1.54) is 18.9 Å². The Hall–Kier alpha value is -0.320. The number of hydrogen-bond acceptors (Lipinski definition) is 3. The average molecular weight is 238 g/mol. The number of carbonyl (C=O) groups excluding carboxylic acids is 2. The molecule has 0 aliphatic heterocycles. The predicted molar refractivity (Wildman–Crippen MR) is 29.8 cm³/mol. The van der Waals surface area contributed by atoms with Gasteiger partial charge in [-0.3, -0.25) is 0 Å². The van der Waals surface area contributed by atoms with Gasteiger partial charge in [0.05, 0.1) is 0 Å². The van der Waals surface area contributed by atoms with Crippen LogP contribution in [0.3, 0.4) is 0 Å². The fourth-order valence-corrected chi connectivity index (χ4v) is 0.329. The summed E-state index contributed by atoms with van der Waals surface area (Å²) in [6.45, 7) is 1.27. The van der Waals surface area contributed by atoms with Crippen molar-refractivity contribution < 1.29 is 35.4 Å². The van der Waals surface area contributed by atoms with Gasteiger partial charge in [-0.15, -0.1) is 0 Å². The van der Waals surface area contributed by atoms with Crippen LogP contribution in [0.5, 0.6) is 0 Å². The normalized spacial score (nSPS) is 8.80. The van der Waals surface area contributed by atoms with E-state index in [9.17, 15) is 9.59 Å². The van der Waals surface area contributed by atoms with Crippen molar-refractivity contribution in [2.75, 3.05) is 13.8 Å². The van der Waals surface area contributed by atoms with Crippen molar-refractivity contribution >= 4 is 10.1 Å². The van der Waals surface area contributed by atoms with Gasteiger partial charge in [-0.2, -0.15) is 0 Å². The zero-order valence-electron chi connectivity index (χ0n) is 5.68. The summed E-state index contributed by atoms with van der Waals surface area (Å²) >= 11 is 2.70. The Labute approximate surface area is 71.4 Å². The maximum absolute atomic E-state index is 10.4. The number of amides is 1. The van der Waals surface area contributed by atoms with E-state index < -0.39 is 5.97 Å². The van der Waals surface area contributed by atoms with Crippen LogP contribution in [0.25, 0.3) is 0 Å². The first-order chi connectivity index (χ1) is 4.54. The van der Waals surface area contributed by atoms with Crippen molar-refractivity contribution in [1.29, 1.82) is 0 Å². The molecule has 0 unspecified atom stereocenters. The van der Waals surface area contributed by atoms with Crippen LogP contribution in [-0.2, 0) is 30.6 Å². The molecule has 10 heavy (non-hydrogen) atoms. The van der Waals surface area contributed by atoms with Gasteiger partial charge in [0, 0.05) is 0 Å². The summed E-state index contributed by atoms with van der Waals surface area (Å²) in [6, 6.07) is 0. The molecule has 0 heterocycles. The molecule has 0 rings (SSSR count). The van der Waals surface area contributed by atoms with Crippen molar-refractivity contribution in [2.24, 2.45) is 0 Å². The molecule has 0 N–H and O–H groups in total. The molecule has 0 fully saturated rings. The summed E-state index contributed by atoms with van der Waals surface area (Å²) in [5, 5.41) is 0. The van der Waals surface area contributed by atoms with E-state index in [0.717, 1.165) is 0 Å². The van der Waals surface area contributed by atoms with Gasteiger partial charge in [0.25, 0.3) is 0 Å². The molecule has 0 aliphatic rings. The molecule has 0 aliphatic carbocycles. The van der Waals surface area contributed by atoms with Gasteiger partial charge in [0.15, 0.2) is 0 Å². The van der Waals surface area contributed by atoms with Gasteiger partial charge in [0.2, 0.25) is 0 Å². The van der Waals surface area contributed by atoms with Crippen molar-refractivity contribution in [3.05, 3.63) is 0 Å². The molecular weight excluding hydrogens is 230 g/mol. The second-order valence-electron chi connectivity index (χ2n) is 1.68. The Kier molecular flexibility index (Phi) is 4.35. The molecule has 62 valence electrons. The number of carbonyl (C=O) groups is 2. The third-order valence-corrected chi connectivity index (χ3v) is 1.30. The van der Waals surface area contributed by atoms with Crippen LogP contribution in [0, 0.1) is 0 Å². The van der Waals surface area contributed by atoms with Gasteiger partial charge < -0.3 is 0 Å². The van der Waals surface area contributed by atoms with E-state index in [0.29, 0.717) is 0 Å². The fourth-order valence-electron chi connectivity index (χ4n) is 0.234. The van der Waals surface area contributed by atoms with Gasteiger partial charge in [-0.05, 0) is 0 Å².